The Morgan fingerprint density at radius 1 is 0.292 bits per heavy atom. The summed E-state index contributed by atoms with van der Waals surface area (Å²) in [5.74, 6) is -0.856. The number of hydrogen-bond donors (Lipinski definition) is 0. The van der Waals surface area contributed by atoms with Gasteiger partial charge in [0.15, 0.2) is 6.10 Å². The van der Waals surface area contributed by atoms with E-state index in [1.807, 2.05) is 0 Å². The van der Waals surface area contributed by atoms with Crippen molar-refractivity contribution in [2.24, 2.45) is 0 Å². The fourth-order valence-electron chi connectivity index (χ4n) is 8.85. The van der Waals surface area contributed by atoms with Crippen molar-refractivity contribution in [3.8, 4) is 0 Å². The first-order valence-electron chi connectivity index (χ1n) is 29.2. The molecule has 0 amide bonds. The molecule has 0 radical (unpaired) electrons. The largest absolute Gasteiger partial charge is 0.462 e. The van der Waals surface area contributed by atoms with E-state index in [2.05, 4.69) is 32.9 Å². The highest BCUT2D eigenvalue weighted by Crippen LogP contribution is 2.17. The number of carbonyl (C=O) groups is 3. The lowest BCUT2D eigenvalue weighted by atomic mass is 10.0. The van der Waals surface area contributed by atoms with Crippen LogP contribution in [0.2, 0.25) is 0 Å². The minimum atomic E-state index is -0.759. The van der Waals surface area contributed by atoms with E-state index in [1.54, 1.807) is 0 Å². The first-order valence-corrected chi connectivity index (χ1v) is 29.2. The first-order chi connectivity index (χ1) is 32.0. The van der Waals surface area contributed by atoms with Crippen molar-refractivity contribution < 1.29 is 28.6 Å². The van der Waals surface area contributed by atoms with Gasteiger partial charge in [-0.1, -0.05) is 277 Å². The molecular formula is C59H112O6. The molecule has 0 aliphatic carbocycles. The molecule has 1 unspecified atom stereocenters. The van der Waals surface area contributed by atoms with Crippen LogP contribution in [0, 0.1) is 0 Å². The molecule has 0 aliphatic rings. The zero-order valence-electron chi connectivity index (χ0n) is 44.0. The second kappa shape index (κ2) is 54.8. The third-order valence-electron chi connectivity index (χ3n) is 13.3. The second-order valence-electron chi connectivity index (χ2n) is 19.9. The fourth-order valence-corrected chi connectivity index (χ4v) is 8.85. The molecule has 0 fully saturated rings. The maximum Gasteiger partial charge on any atom is 0.306 e. The summed E-state index contributed by atoms with van der Waals surface area (Å²) in [5, 5.41) is 0. The molecule has 0 saturated carbocycles. The lowest BCUT2D eigenvalue weighted by Gasteiger charge is -2.18. The highest BCUT2D eigenvalue weighted by Gasteiger charge is 2.19. The van der Waals surface area contributed by atoms with Gasteiger partial charge in [-0.05, 0) is 44.9 Å². The van der Waals surface area contributed by atoms with Crippen LogP contribution in [0.5, 0.6) is 0 Å². The Kier molecular flexibility index (Phi) is 53.2. The van der Waals surface area contributed by atoms with Crippen LogP contribution >= 0.6 is 0 Å². The first kappa shape index (κ1) is 63.1. The van der Waals surface area contributed by atoms with Crippen molar-refractivity contribution in [1.29, 1.82) is 0 Å². The van der Waals surface area contributed by atoms with Crippen LogP contribution < -0.4 is 0 Å². The molecule has 384 valence electrons. The average molecular weight is 918 g/mol. The lowest BCUT2D eigenvalue weighted by Crippen LogP contribution is -2.30. The Labute approximate surface area is 405 Å². The van der Waals surface area contributed by atoms with Gasteiger partial charge in [-0.2, -0.15) is 0 Å². The molecule has 0 bridgehead atoms. The quantitative estimate of drug-likeness (QED) is 0.0262. The van der Waals surface area contributed by atoms with Gasteiger partial charge in [-0.15, -0.1) is 0 Å². The Bertz CT molecular complexity index is 1010. The molecule has 0 rings (SSSR count). The van der Waals surface area contributed by atoms with E-state index in [0.29, 0.717) is 19.3 Å². The summed E-state index contributed by atoms with van der Waals surface area (Å²) in [7, 11) is 0. The van der Waals surface area contributed by atoms with Crippen LogP contribution in [0.4, 0.5) is 0 Å². The normalized spacial score (nSPS) is 12.0. The lowest BCUT2D eigenvalue weighted by molar-refractivity contribution is -0.167. The number of hydrogen-bond acceptors (Lipinski definition) is 6. The van der Waals surface area contributed by atoms with Crippen LogP contribution in [0.1, 0.15) is 329 Å². The van der Waals surface area contributed by atoms with Crippen LogP contribution in [0.25, 0.3) is 0 Å². The number of allylic oxidation sites excluding steroid dienone is 2. The number of unbranched alkanes of at least 4 members (excludes halogenated alkanes) is 41. The van der Waals surface area contributed by atoms with E-state index in [-0.39, 0.29) is 31.1 Å². The molecule has 0 aromatic rings. The third kappa shape index (κ3) is 53.0. The topological polar surface area (TPSA) is 78.9 Å². The van der Waals surface area contributed by atoms with Gasteiger partial charge in [0.05, 0.1) is 0 Å². The molecule has 0 aromatic heterocycles. The molecule has 0 aromatic carbocycles. The smallest absolute Gasteiger partial charge is 0.306 e. The second-order valence-corrected chi connectivity index (χ2v) is 19.9. The standard InChI is InChI=1S/C59H112O6/c1-4-7-10-13-16-19-20-21-22-23-24-25-26-27-28-29-30-31-32-33-34-35-36-37-38-39-40-41-44-46-49-52-58(61)64-55-56(65-59(62)53-50-47-43-18-15-12-9-6-3)54-63-57(60)51-48-45-42-17-14-11-8-5-2/h23-24,56H,4-22,25-55H2,1-3H3/b24-23-. The molecule has 0 heterocycles. The molecule has 6 heteroatoms. The summed E-state index contributed by atoms with van der Waals surface area (Å²) >= 11 is 0. The van der Waals surface area contributed by atoms with Gasteiger partial charge < -0.3 is 14.2 Å². The van der Waals surface area contributed by atoms with E-state index < -0.39 is 6.10 Å². The van der Waals surface area contributed by atoms with E-state index >= 15 is 0 Å². The van der Waals surface area contributed by atoms with Gasteiger partial charge in [0.1, 0.15) is 13.2 Å². The van der Waals surface area contributed by atoms with Crippen molar-refractivity contribution in [2.75, 3.05) is 13.2 Å². The number of rotatable bonds is 54. The summed E-state index contributed by atoms with van der Waals surface area (Å²) in [4.78, 5) is 37.7. The van der Waals surface area contributed by atoms with Crippen molar-refractivity contribution >= 4 is 17.9 Å². The van der Waals surface area contributed by atoms with Gasteiger partial charge in [0, 0.05) is 19.3 Å². The van der Waals surface area contributed by atoms with Crippen LogP contribution in [-0.4, -0.2) is 37.2 Å². The average Bonchev–Trinajstić information content (AvgIpc) is 3.30. The van der Waals surface area contributed by atoms with Crippen LogP contribution in [-0.2, 0) is 28.6 Å². The van der Waals surface area contributed by atoms with Crippen LogP contribution in [0.3, 0.4) is 0 Å². The van der Waals surface area contributed by atoms with Gasteiger partial charge in [-0.25, -0.2) is 0 Å². The highest BCUT2D eigenvalue weighted by molar-refractivity contribution is 5.71. The van der Waals surface area contributed by atoms with E-state index in [9.17, 15) is 14.4 Å². The summed E-state index contributed by atoms with van der Waals surface area (Å²) in [5.41, 5.74) is 0. The highest BCUT2D eigenvalue weighted by atomic mass is 16.6. The maximum atomic E-state index is 12.7. The number of esters is 3. The van der Waals surface area contributed by atoms with Gasteiger partial charge in [-0.3, -0.25) is 14.4 Å². The number of ether oxygens (including phenoxy) is 3. The molecule has 6 nitrogen and oxygen atoms in total. The Balaban J connectivity index is 3.87. The maximum absolute atomic E-state index is 12.7. The van der Waals surface area contributed by atoms with E-state index in [4.69, 9.17) is 14.2 Å². The molecule has 1 atom stereocenters. The van der Waals surface area contributed by atoms with Crippen molar-refractivity contribution in [3.05, 3.63) is 12.2 Å². The monoisotopic (exact) mass is 917 g/mol. The summed E-state index contributed by atoms with van der Waals surface area (Å²) in [6, 6.07) is 0. The van der Waals surface area contributed by atoms with Gasteiger partial charge in [0.2, 0.25) is 0 Å². The van der Waals surface area contributed by atoms with E-state index in [0.717, 1.165) is 57.8 Å². The fraction of sp³-hybridized carbons (Fsp3) is 0.915. The summed E-state index contributed by atoms with van der Waals surface area (Å²) in [6.07, 6.45) is 62.6. The van der Waals surface area contributed by atoms with Gasteiger partial charge >= 0.3 is 17.9 Å². The zero-order valence-corrected chi connectivity index (χ0v) is 44.0. The van der Waals surface area contributed by atoms with Gasteiger partial charge in [0.25, 0.3) is 0 Å². The molecule has 0 aliphatic heterocycles. The van der Waals surface area contributed by atoms with Crippen LogP contribution in [0.15, 0.2) is 12.2 Å². The third-order valence-corrected chi connectivity index (χ3v) is 13.3. The Morgan fingerprint density at radius 3 is 0.769 bits per heavy atom. The zero-order chi connectivity index (χ0) is 47.2. The predicted molar refractivity (Wildman–Crippen MR) is 280 cm³/mol. The molecule has 0 spiro atoms. The number of carbonyl (C=O) groups excluding carboxylic acids is 3. The SMILES string of the molecule is CCCCCCCCCC/C=C\CCCCCCCCCCCCCCCCCCCCCC(=O)OCC(COC(=O)CCCCCCCCCC)OC(=O)CCCCCCCCCC. The van der Waals surface area contributed by atoms with Crippen molar-refractivity contribution in [2.45, 2.75) is 335 Å². The molecule has 0 N–H and O–H groups in total. The predicted octanol–water partition coefficient (Wildman–Crippen LogP) is 19.3. The molecular weight excluding hydrogens is 805 g/mol. The van der Waals surface area contributed by atoms with Crippen molar-refractivity contribution in [3.63, 3.8) is 0 Å². The Hall–Kier alpha value is -1.85. The Morgan fingerprint density at radius 2 is 0.508 bits per heavy atom. The minimum Gasteiger partial charge on any atom is -0.462 e. The summed E-state index contributed by atoms with van der Waals surface area (Å²) < 4.78 is 16.7. The minimum absolute atomic E-state index is 0.0644. The molecule has 0 saturated heterocycles. The van der Waals surface area contributed by atoms with E-state index in [1.165, 1.54) is 231 Å². The van der Waals surface area contributed by atoms with Crippen molar-refractivity contribution in [1.82, 2.24) is 0 Å². The summed E-state index contributed by atoms with van der Waals surface area (Å²) in [6.45, 7) is 6.62. The molecule has 65 heavy (non-hydrogen) atoms.